The maximum absolute atomic E-state index is 13.3. The van der Waals surface area contributed by atoms with Gasteiger partial charge in [0.2, 0.25) is 0 Å². The molecule has 138 valence electrons. The minimum Gasteiger partial charge on any atom is -0.346 e. The minimum absolute atomic E-state index is 0.202. The van der Waals surface area contributed by atoms with Gasteiger partial charge >= 0.3 is 0 Å². The van der Waals surface area contributed by atoms with Crippen LogP contribution in [0.4, 0.5) is 4.39 Å². The van der Waals surface area contributed by atoms with Crippen LogP contribution in [0.1, 0.15) is 21.6 Å². The molecule has 0 spiro atoms. The zero-order chi connectivity index (χ0) is 19.5. The topological polar surface area (TPSA) is 54.9 Å². The van der Waals surface area contributed by atoms with E-state index in [9.17, 15) is 9.18 Å². The van der Waals surface area contributed by atoms with Gasteiger partial charge in [0.15, 0.2) is 0 Å². The van der Waals surface area contributed by atoms with Crippen molar-refractivity contribution in [2.45, 2.75) is 13.5 Å². The lowest BCUT2D eigenvalue weighted by atomic mass is 10.0. The molecule has 0 atom stereocenters. The molecule has 0 bridgehead atoms. The Labute approximate surface area is 162 Å². The normalized spacial score (nSPS) is 10.8. The summed E-state index contributed by atoms with van der Waals surface area (Å²) in [4.78, 5) is 21.8. The van der Waals surface area contributed by atoms with Crippen LogP contribution in [0.25, 0.3) is 22.2 Å². The first kappa shape index (κ1) is 17.8. The molecule has 2 heterocycles. The molecule has 2 aromatic carbocycles. The average molecular weight is 371 g/mol. The molecule has 28 heavy (non-hydrogen) atoms. The van der Waals surface area contributed by atoms with Crippen LogP contribution in [0, 0.1) is 12.7 Å². The first-order chi connectivity index (χ1) is 13.6. The van der Waals surface area contributed by atoms with E-state index in [1.165, 1.54) is 12.1 Å². The van der Waals surface area contributed by atoms with Crippen LogP contribution in [-0.4, -0.2) is 15.9 Å². The van der Waals surface area contributed by atoms with Crippen LogP contribution in [0.3, 0.4) is 0 Å². The summed E-state index contributed by atoms with van der Waals surface area (Å²) >= 11 is 0. The van der Waals surface area contributed by atoms with Crippen LogP contribution in [0.15, 0.2) is 72.9 Å². The van der Waals surface area contributed by atoms with Crippen molar-refractivity contribution < 1.29 is 9.18 Å². The zero-order valence-corrected chi connectivity index (χ0v) is 15.3. The minimum atomic E-state index is -0.312. The predicted molar refractivity (Wildman–Crippen MR) is 107 cm³/mol. The van der Waals surface area contributed by atoms with Gasteiger partial charge in [-0.3, -0.25) is 9.78 Å². The molecule has 4 aromatic rings. The van der Waals surface area contributed by atoms with Gasteiger partial charge in [-0.05, 0) is 61.5 Å². The van der Waals surface area contributed by atoms with Gasteiger partial charge in [0.1, 0.15) is 5.82 Å². The third-order valence-corrected chi connectivity index (χ3v) is 4.51. The average Bonchev–Trinajstić information content (AvgIpc) is 2.72. The van der Waals surface area contributed by atoms with Crippen molar-refractivity contribution in [3.63, 3.8) is 0 Å². The number of aryl methyl sites for hydroxylation is 1. The van der Waals surface area contributed by atoms with E-state index >= 15 is 0 Å². The molecule has 2 aromatic heterocycles. The second-order valence-corrected chi connectivity index (χ2v) is 6.59. The number of hydrogen-bond donors (Lipinski definition) is 1. The summed E-state index contributed by atoms with van der Waals surface area (Å²) in [6.45, 7) is 2.31. The summed E-state index contributed by atoms with van der Waals surface area (Å²) in [6, 6.07) is 19.2. The SMILES string of the molecule is Cc1ccc2nc(-c3ccc(F)cc3)cc(C(=O)NCc3ccccn3)c2c1. The number of halogens is 1. The van der Waals surface area contributed by atoms with Gasteiger partial charge in [-0.1, -0.05) is 17.7 Å². The van der Waals surface area contributed by atoms with Crippen molar-refractivity contribution in [3.8, 4) is 11.3 Å². The Morgan fingerprint density at radius 3 is 2.61 bits per heavy atom. The summed E-state index contributed by atoms with van der Waals surface area (Å²) in [5, 5.41) is 3.71. The molecule has 5 heteroatoms. The molecule has 0 unspecified atom stereocenters. The van der Waals surface area contributed by atoms with E-state index in [1.807, 2.05) is 43.3 Å². The van der Waals surface area contributed by atoms with Gasteiger partial charge < -0.3 is 5.32 Å². The Balaban J connectivity index is 1.75. The van der Waals surface area contributed by atoms with Crippen LogP contribution in [0.5, 0.6) is 0 Å². The van der Waals surface area contributed by atoms with Crippen molar-refractivity contribution in [3.05, 3.63) is 95.6 Å². The number of pyridine rings is 2. The lowest BCUT2D eigenvalue weighted by molar-refractivity contribution is 0.0952. The molecular weight excluding hydrogens is 353 g/mol. The van der Waals surface area contributed by atoms with Crippen molar-refractivity contribution in [2.75, 3.05) is 0 Å². The monoisotopic (exact) mass is 371 g/mol. The van der Waals surface area contributed by atoms with Gasteiger partial charge in [0, 0.05) is 17.1 Å². The number of carbonyl (C=O) groups is 1. The second-order valence-electron chi connectivity index (χ2n) is 6.59. The molecule has 4 nitrogen and oxygen atoms in total. The van der Waals surface area contributed by atoms with Gasteiger partial charge in [-0.2, -0.15) is 0 Å². The van der Waals surface area contributed by atoms with Crippen LogP contribution >= 0.6 is 0 Å². The highest BCUT2D eigenvalue weighted by Gasteiger charge is 2.14. The van der Waals surface area contributed by atoms with E-state index in [0.29, 0.717) is 17.8 Å². The van der Waals surface area contributed by atoms with Crippen molar-refractivity contribution in [1.82, 2.24) is 15.3 Å². The molecule has 0 aliphatic rings. The number of amides is 1. The number of fused-ring (bicyclic) bond motifs is 1. The molecule has 1 amide bonds. The first-order valence-corrected chi connectivity index (χ1v) is 8.95. The number of nitrogens with zero attached hydrogens (tertiary/aromatic N) is 2. The molecule has 0 fully saturated rings. The number of benzene rings is 2. The number of hydrogen-bond acceptors (Lipinski definition) is 3. The number of rotatable bonds is 4. The maximum Gasteiger partial charge on any atom is 0.252 e. The molecule has 0 saturated carbocycles. The van der Waals surface area contributed by atoms with E-state index in [2.05, 4.69) is 15.3 Å². The Kier molecular flexibility index (Phi) is 4.81. The molecule has 0 aliphatic heterocycles. The first-order valence-electron chi connectivity index (χ1n) is 8.95. The Hall–Kier alpha value is -3.60. The van der Waals surface area contributed by atoms with E-state index in [-0.39, 0.29) is 11.7 Å². The fourth-order valence-electron chi connectivity index (χ4n) is 3.06. The second kappa shape index (κ2) is 7.56. The molecule has 4 rings (SSSR count). The van der Waals surface area contributed by atoms with Crippen LogP contribution in [0.2, 0.25) is 0 Å². The van der Waals surface area contributed by atoms with Gasteiger partial charge in [-0.15, -0.1) is 0 Å². The maximum atomic E-state index is 13.3. The summed E-state index contributed by atoms with van der Waals surface area (Å²) < 4.78 is 13.3. The van der Waals surface area contributed by atoms with Crippen LogP contribution < -0.4 is 5.32 Å². The Morgan fingerprint density at radius 1 is 1.04 bits per heavy atom. The fraction of sp³-hybridized carbons (Fsp3) is 0.0870. The summed E-state index contributed by atoms with van der Waals surface area (Å²) in [7, 11) is 0. The third kappa shape index (κ3) is 3.74. The van der Waals surface area contributed by atoms with Gasteiger partial charge in [0.05, 0.1) is 29.0 Å². The van der Waals surface area contributed by atoms with E-state index < -0.39 is 0 Å². The highest BCUT2D eigenvalue weighted by Crippen LogP contribution is 2.26. The van der Waals surface area contributed by atoms with Gasteiger partial charge in [0.25, 0.3) is 5.91 Å². The molecule has 0 radical (unpaired) electrons. The lowest BCUT2D eigenvalue weighted by Crippen LogP contribution is -2.23. The lowest BCUT2D eigenvalue weighted by Gasteiger charge is -2.11. The van der Waals surface area contributed by atoms with Crippen LogP contribution in [-0.2, 0) is 6.54 Å². The van der Waals surface area contributed by atoms with E-state index in [1.54, 1.807) is 24.4 Å². The fourth-order valence-corrected chi connectivity index (χ4v) is 3.06. The largest absolute Gasteiger partial charge is 0.346 e. The van der Waals surface area contributed by atoms with E-state index in [0.717, 1.165) is 27.7 Å². The number of carbonyl (C=O) groups excluding carboxylic acids is 1. The Bertz CT molecular complexity index is 1140. The molecule has 1 N–H and O–H groups in total. The Morgan fingerprint density at radius 2 is 1.86 bits per heavy atom. The van der Waals surface area contributed by atoms with Crippen molar-refractivity contribution in [2.24, 2.45) is 0 Å². The molecular formula is C23H18FN3O. The van der Waals surface area contributed by atoms with E-state index in [4.69, 9.17) is 0 Å². The standard InChI is InChI=1S/C23H18FN3O/c1-15-5-10-21-19(12-15)20(23(28)26-14-18-4-2-3-11-25-18)13-22(27-21)16-6-8-17(24)9-7-16/h2-13H,14H2,1H3,(H,26,28). The number of aromatic nitrogens is 2. The summed E-state index contributed by atoms with van der Waals surface area (Å²) in [5.41, 5.74) is 4.45. The highest BCUT2D eigenvalue weighted by molar-refractivity contribution is 6.07. The zero-order valence-electron chi connectivity index (χ0n) is 15.3. The smallest absolute Gasteiger partial charge is 0.252 e. The molecule has 0 saturated heterocycles. The number of nitrogens with one attached hydrogen (secondary N) is 1. The van der Waals surface area contributed by atoms with Gasteiger partial charge in [-0.25, -0.2) is 9.37 Å². The quantitative estimate of drug-likeness (QED) is 0.567. The van der Waals surface area contributed by atoms with Crippen molar-refractivity contribution >= 4 is 16.8 Å². The molecule has 0 aliphatic carbocycles. The predicted octanol–water partition coefficient (Wildman–Crippen LogP) is 4.67. The summed E-state index contributed by atoms with van der Waals surface area (Å²) in [5.74, 6) is -0.513. The third-order valence-electron chi connectivity index (χ3n) is 4.51. The highest BCUT2D eigenvalue weighted by atomic mass is 19.1. The van der Waals surface area contributed by atoms with Crippen molar-refractivity contribution in [1.29, 1.82) is 0 Å². The summed E-state index contributed by atoms with van der Waals surface area (Å²) in [6.07, 6.45) is 1.69.